The highest BCUT2D eigenvalue weighted by atomic mass is 16.1. The van der Waals surface area contributed by atoms with Crippen molar-refractivity contribution in [2.75, 3.05) is 0 Å². The van der Waals surface area contributed by atoms with Gasteiger partial charge >= 0.3 is 5.69 Å². The zero-order valence-corrected chi connectivity index (χ0v) is 23.3. The minimum absolute atomic E-state index is 0.0358. The number of aromatic nitrogens is 8. The minimum atomic E-state index is -0.0905. The number of benzene rings is 1. The molecule has 0 atom stereocenters. The van der Waals surface area contributed by atoms with Gasteiger partial charge in [-0.25, -0.2) is 4.79 Å². The Morgan fingerprint density at radius 1 is 1.00 bits per heavy atom. The van der Waals surface area contributed by atoms with Crippen molar-refractivity contribution in [3.63, 3.8) is 0 Å². The number of pyridine rings is 1. The van der Waals surface area contributed by atoms with Crippen molar-refractivity contribution >= 4 is 0 Å². The molecule has 0 saturated carbocycles. The highest BCUT2D eigenvalue weighted by Crippen LogP contribution is 2.30. The maximum Gasteiger partial charge on any atom is 0.334 e. The molecule has 1 N–H and O–H groups in total. The third-order valence-corrected chi connectivity index (χ3v) is 7.10. The van der Waals surface area contributed by atoms with Crippen molar-refractivity contribution in [2.24, 2.45) is 0 Å². The normalized spacial score (nSPS) is 11.8. The molecule has 0 radical (unpaired) electrons. The summed E-state index contributed by atoms with van der Waals surface area (Å²) < 4.78 is 5.88. The second kappa shape index (κ2) is 10.8. The molecular weight excluding hydrogens is 488 g/mol. The zero-order valence-electron chi connectivity index (χ0n) is 23.3. The van der Waals surface area contributed by atoms with Crippen LogP contribution in [-0.4, -0.2) is 39.3 Å². The molecule has 0 bridgehead atoms. The highest BCUT2D eigenvalue weighted by molar-refractivity contribution is 5.70. The molecular formula is C30H36N8O. The number of unbranched alkanes of at least 4 members (excludes halogenated alkanes) is 1. The molecule has 0 fully saturated rings. The average molecular weight is 525 g/mol. The van der Waals surface area contributed by atoms with Crippen LogP contribution in [0.5, 0.6) is 0 Å². The number of aromatic amines is 1. The van der Waals surface area contributed by atoms with Gasteiger partial charge in [0.2, 0.25) is 5.82 Å². The van der Waals surface area contributed by atoms with Gasteiger partial charge in [-0.1, -0.05) is 52.3 Å². The Morgan fingerprint density at radius 2 is 1.79 bits per heavy atom. The van der Waals surface area contributed by atoms with E-state index in [0.717, 1.165) is 65.3 Å². The Balaban J connectivity index is 1.54. The Kier molecular flexibility index (Phi) is 7.32. The number of nitrogens with zero attached hydrogens (tertiary/aromatic N) is 7. The lowest BCUT2D eigenvalue weighted by molar-refractivity contribution is 0.577. The van der Waals surface area contributed by atoms with Crippen LogP contribution in [0.3, 0.4) is 0 Å². The van der Waals surface area contributed by atoms with Gasteiger partial charge in [-0.15, -0.1) is 10.2 Å². The van der Waals surface area contributed by atoms with E-state index in [4.69, 9.17) is 0 Å². The van der Waals surface area contributed by atoms with Gasteiger partial charge < -0.3 is 4.57 Å². The third-order valence-electron chi connectivity index (χ3n) is 7.10. The van der Waals surface area contributed by atoms with Crippen molar-refractivity contribution in [2.45, 2.75) is 72.4 Å². The van der Waals surface area contributed by atoms with E-state index in [1.165, 1.54) is 0 Å². The molecule has 202 valence electrons. The van der Waals surface area contributed by atoms with Crippen LogP contribution in [0.15, 0.2) is 65.8 Å². The monoisotopic (exact) mass is 524 g/mol. The number of nitrogens with one attached hydrogen (secondary N) is 1. The van der Waals surface area contributed by atoms with Crippen molar-refractivity contribution in [3.8, 4) is 28.3 Å². The minimum Gasteiger partial charge on any atom is -0.334 e. The average Bonchev–Trinajstić information content (AvgIpc) is 3.68. The molecule has 39 heavy (non-hydrogen) atoms. The van der Waals surface area contributed by atoms with Gasteiger partial charge in [-0.2, -0.15) is 5.21 Å². The summed E-state index contributed by atoms with van der Waals surface area (Å²) in [5, 5.41) is 14.4. The molecule has 0 aliphatic carbocycles. The molecule has 9 heteroatoms. The second-order valence-corrected chi connectivity index (χ2v) is 10.9. The predicted octanol–water partition coefficient (Wildman–Crippen LogP) is 5.39. The summed E-state index contributed by atoms with van der Waals surface area (Å²) in [6.07, 6.45) is 8.83. The fourth-order valence-electron chi connectivity index (χ4n) is 5.01. The van der Waals surface area contributed by atoms with Crippen LogP contribution >= 0.6 is 0 Å². The van der Waals surface area contributed by atoms with E-state index in [1.54, 1.807) is 6.20 Å². The molecule has 0 spiro atoms. The molecule has 0 amide bonds. The van der Waals surface area contributed by atoms with Gasteiger partial charge in [0, 0.05) is 42.0 Å². The third kappa shape index (κ3) is 5.34. The standard InChI is InChI=1S/C30H36N8O/c1-6-8-12-25-20-38(28-26(30(3,4)5)14-16-36(28)7-2)29(39)37(25)19-24-18-22(13-15-31-24)21-10-9-11-23(17-21)27-32-34-35-33-27/h9-11,13-18,20H,6-8,12,19H2,1-5H3,(H,32,33,34,35). The number of tetrazole rings is 1. The van der Waals surface area contributed by atoms with Gasteiger partial charge in [0.25, 0.3) is 0 Å². The lowest BCUT2D eigenvalue weighted by atomic mass is 9.88. The molecule has 1 aromatic carbocycles. The van der Waals surface area contributed by atoms with E-state index >= 15 is 0 Å². The van der Waals surface area contributed by atoms with Gasteiger partial charge in [-0.05, 0) is 65.8 Å². The summed E-state index contributed by atoms with van der Waals surface area (Å²) in [6, 6.07) is 14.2. The fourth-order valence-corrected chi connectivity index (χ4v) is 5.01. The summed E-state index contributed by atoms with van der Waals surface area (Å²) in [4.78, 5) is 18.6. The van der Waals surface area contributed by atoms with Crippen molar-refractivity contribution in [1.82, 2.24) is 39.3 Å². The number of hydrogen-bond donors (Lipinski definition) is 1. The first-order valence-electron chi connectivity index (χ1n) is 13.6. The Labute approximate surface area is 228 Å². The van der Waals surface area contributed by atoms with E-state index in [1.807, 2.05) is 45.7 Å². The smallest absolute Gasteiger partial charge is 0.334 e. The highest BCUT2D eigenvalue weighted by Gasteiger charge is 2.25. The lowest BCUT2D eigenvalue weighted by Gasteiger charge is -2.20. The van der Waals surface area contributed by atoms with Crippen LogP contribution in [0.2, 0.25) is 0 Å². The summed E-state index contributed by atoms with van der Waals surface area (Å²) in [6.45, 7) is 12.0. The van der Waals surface area contributed by atoms with Crippen LogP contribution in [0, 0.1) is 0 Å². The maximum absolute atomic E-state index is 14.0. The largest absolute Gasteiger partial charge is 0.334 e. The Bertz CT molecular complexity index is 1620. The quantitative estimate of drug-likeness (QED) is 0.279. The van der Waals surface area contributed by atoms with Gasteiger partial charge in [0.05, 0.1) is 12.2 Å². The first-order chi connectivity index (χ1) is 18.8. The number of H-pyrrole nitrogens is 1. The van der Waals surface area contributed by atoms with E-state index in [9.17, 15) is 4.79 Å². The van der Waals surface area contributed by atoms with E-state index in [2.05, 4.69) is 83.1 Å². The Hall–Kier alpha value is -4.27. The maximum atomic E-state index is 14.0. The van der Waals surface area contributed by atoms with Crippen LogP contribution < -0.4 is 5.69 Å². The molecule has 0 saturated heterocycles. The predicted molar refractivity (Wildman–Crippen MR) is 153 cm³/mol. The second-order valence-electron chi connectivity index (χ2n) is 10.9. The molecule has 0 aliphatic heterocycles. The number of imidazole rings is 1. The molecule has 0 aliphatic rings. The summed E-state index contributed by atoms with van der Waals surface area (Å²) in [5.41, 5.74) is 5.80. The molecule has 4 heterocycles. The lowest BCUT2D eigenvalue weighted by Crippen LogP contribution is -2.28. The fraction of sp³-hybridized carbons (Fsp3) is 0.367. The number of aryl methyl sites for hydroxylation is 2. The van der Waals surface area contributed by atoms with Crippen LogP contribution in [0.25, 0.3) is 28.3 Å². The van der Waals surface area contributed by atoms with Gasteiger partial charge in [0.1, 0.15) is 5.82 Å². The van der Waals surface area contributed by atoms with Gasteiger partial charge in [-0.3, -0.25) is 14.1 Å². The van der Waals surface area contributed by atoms with Crippen molar-refractivity contribution in [3.05, 3.63) is 88.5 Å². The van der Waals surface area contributed by atoms with E-state index in [0.29, 0.717) is 12.4 Å². The Morgan fingerprint density at radius 3 is 2.51 bits per heavy atom. The first-order valence-corrected chi connectivity index (χ1v) is 13.6. The zero-order chi connectivity index (χ0) is 27.6. The van der Waals surface area contributed by atoms with Crippen LogP contribution in [-0.2, 0) is 24.9 Å². The van der Waals surface area contributed by atoms with E-state index in [-0.39, 0.29) is 11.1 Å². The van der Waals surface area contributed by atoms with Crippen molar-refractivity contribution in [1.29, 1.82) is 0 Å². The summed E-state index contributed by atoms with van der Waals surface area (Å²) >= 11 is 0. The van der Waals surface area contributed by atoms with Gasteiger partial charge in [0.15, 0.2) is 0 Å². The van der Waals surface area contributed by atoms with Crippen LogP contribution in [0.1, 0.15) is 64.4 Å². The SMILES string of the molecule is CCCCc1cn(-c2c(C(C)(C)C)ccn2CC)c(=O)n1Cc1cc(-c2cccc(-c3nn[nH]n3)c2)ccn1. The number of hydrogen-bond acceptors (Lipinski definition) is 5. The molecule has 9 nitrogen and oxygen atoms in total. The van der Waals surface area contributed by atoms with Crippen molar-refractivity contribution < 1.29 is 0 Å². The topological polar surface area (TPSA) is 99.2 Å². The first kappa shape index (κ1) is 26.3. The van der Waals surface area contributed by atoms with Crippen LogP contribution in [0.4, 0.5) is 0 Å². The molecule has 5 rings (SSSR count). The summed E-state index contributed by atoms with van der Waals surface area (Å²) in [7, 11) is 0. The molecule has 0 unspecified atom stereocenters. The molecule has 5 aromatic rings. The number of rotatable bonds is 9. The molecule has 4 aromatic heterocycles. The van der Waals surface area contributed by atoms with E-state index < -0.39 is 0 Å². The summed E-state index contributed by atoms with van der Waals surface area (Å²) in [5.74, 6) is 1.50.